The number of piperidine rings is 1. The normalized spacial score (nSPS) is 20.2. The lowest BCUT2D eigenvalue weighted by Gasteiger charge is -2.38. The molecule has 0 aromatic heterocycles. The van der Waals surface area contributed by atoms with E-state index >= 15 is 0 Å². The van der Waals surface area contributed by atoms with Gasteiger partial charge in [-0.3, -0.25) is 9.59 Å². The monoisotopic (exact) mass is 464 g/mol. The molecule has 2 N–H and O–H groups in total. The van der Waals surface area contributed by atoms with Gasteiger partial charge in [-0.25, -0.2) is 4.79 Å². The number of aliphatic carboxylic acids is 1. The average molecular weight is 465 g/mol. The highest BCUT2D eigenvalue weighted by Gasteiger charge is 2.35. The van der Waals surface area contributed by atoms with Crippen molar-refractivity contribution in [1.82, 2.24) is 10.2 Å². The minimum Gasteiger partial charge on any atom is -0.481 e. The Morgan fingerprint density at radius 2 is 1.71 bits per heavy atom. The molecule has 3 atom stereocenters. The van der Waals surface area contributed by atoms with Gasteiger partial charge in [0.05, 0.1) is 11.8 Å². The third-order valence-electron chi connectivity index (χ3n) is 7.19. The number of nitrogens with zero attached hydrogens (tertiary/aromatic N) is 1. The summed E-state index contributed by atoms with van der Waals surface area (Å²) in [5.41, 5.74) is 4.64. The minimum absolute atomic E-state index is 0.0156. The maximum Gasteiger partial charge on any atom is 0.407 e. The van der Waals surface area contributed by atoms with Gasteiger partial charge in [0, 0.05) is 25.0 Å². The molecule has 0 saturated carbocycles. The molecule has 2 aromatic rings. The fourth-order valence-corrected chi connectivity index (χ4v) is 5.22. The minimum atomic E-state index is -0.803. The zero-order valence-corrected chi connectivity index (χ0v) is 19.7. The molecule has 0 bridgehead atoms. The number of rotatable bonds is 7. The summed E-state index contributed by atoms with van der Waals surface area (Å²) < 4.78 is 5.58. The first-order valence-electron chi connectivity index (χ1n) is 12.0. The quantitative estimate of drug-likeness (QED) is 0.638. The molecule has 1 heterocycles. The van der Waals surface area contributed by atoms with Crippen molar-refractivity contribution < 1.29 is 24.2 Å². The van der Waals surface area contributed by atoms with Gasteiger partial charge in [0.25, 0.3) is 0 Å². The van der Waals surface area contributed by atoms with Crippen LogP contribution in [-0.4, -0.2) is 53.7 Å². The van der Waals surface area contributed by atoms with Crippen molar-refractivity contribution in [2.75, 3.05) is 19.7 Å². The highest BCUT2D eigenvalue weighted by Crippen LogP contribution is 2.44. The molecule has 1 fully saturated rings. The Morgan fingerprint density at radius 1 is 1.09 bits per heavy atom. The number of carboxylic acids is 1. The SMILES string of the molecule is CCC(CNC(=O)OCC1c2ccccc2-c2ccccc21)C(=O)N1CC[C@@H](C(=O)O)C[C@H]1C. The summed E-state index contributed by atoms with van der Waals surface area (Å²) in [5, 5.41) is 12.0. The van der Waals surface area contributed by atoms with Gasteiger partial charge in [-0.1, -0.05) is 55.5 Å². The zero-order chi connectivity index (χ0) is 24.2. The largest absolute Gasteiger partial charge is 0.481 e. The van der Waals surface area contributed by atoms with Gasteiger partial charge in [0.15, 0.2) is 0 Å². The number of carbonyl (C=O) groups is 3. The van der Waals surface area contributed by atoms with Crippen LogP contribution in [0, 0.1) is 11.8 Å². The number of nitrogens with one attached hydrogen (secondary N) is 1. The molecule has 1 aliphatic carbocycles. The van der Waals surface area contributed by atoms with E-state index in [4.69, 9.17) is 4.74 Å². The number of hydrogen-bond donors (Lipinski definition) is 2. The second-order valence-electron chi connectivity index (χ2n) is 9.25. The molecule has 2 amide bonds. The first-order valence-corrected chi connectivity index (χ1v) is 12.0. The fourth-order valence-electron chi connectivity index (χ4n) is 5.22. The van der Waals surface area contributed by atoms with Crippen LogP contribution in [0.5, 0.6) is 0 Å². The van der Waals surface area contributed by atoms with Crippen molar-refractivity contribution in [3.8, 4) is 11.1 Å². The number of likely N-dealkylation sites (tertiary alicyclic amines) is 1. The van der Waals surface area contributed by atoms with Crippen molar-refractivity contribution >= 4 is 18.0 Å². The van der Waals surface area contributed by atoms with Crippen LogP contribution in [0.25, 0.3) is 11.1 Å². The van der Waals surface area contributed by atoms with E-state index in [1.54, 1.807) is 4.90 Å². The van der Waals surface area contributed by atoms with E-state index in [-0.39, 0.29) is 36.9 Å². The number of hydrogen-bond acceptors (Lipinski definition) is 4. The fraction of sp³-hybridized carbons (Fsp3) is 0.444. The summed E-state index contributed by atoms with van der Waals surface area (Å²) in [6.45, 7) is 4.65. The number of alkyl carbamates (subject to hydrolysis) is 1. The van der Waals surface area contributed by atoms with Gasteiger partial charge < -0.3 is 20.1 Å². The smallest absolute Gasteiger partial charge is 0.407 e. The first-order chi connectivity index (χ1) is 16.4. The van der Waals surface area contributed by atoms with Gasteiger partial charge in [-0.15, -0.1) is 0 Å². The van der Waals surface area contributed by atoms with Crippen LogP contribution in [0.2, 0.25) is 0 Å². The number of carboxylic acid groups (broad SMARTS) is 1. The van der Waals surface area contributed by atoms with Crippen LogP contribution in [0.3, 0.4) is 0 Å². The van der Waals surface area contributed by atoms with Gasteiger partial charge >= 0.3 is 12.1 Å². The summed E-state index contributed by atoms with van der Waals surface area (Å²) in [5.74, 6) is -1.64. The number of fused-ring (bicyclic) bond motifs is 3. The first kappa shape index (κ1) is 23.8. The lowest BCUT2D eigenvalue weighted by Crippen LogP contribution is -2.50. The van der Waals surface area contributed by atoms with Gasteiger partial charge in [-0.05, 0) is 48.4 Å². The van der Waals surface area contributed by atoms with Crippen molar-refractivity contribution in [3.05, 3.63) is 59.7 Å². The highest BCUT2D eigenvalue weighted by atomic mass is 16.5. The Labute approximate surface area is 200 Å². The van der Waals surface area contributed by atoms with Crippen molar-refractivity contribution in [2.24, 2.45) is 11.8 Å². The van der Waals surface area contributed by atoms with E-state index in [1.165, 1.54) is 11.1 Å². The van der Waals surface area contributed by atoms with Gasteiger partial charge in [0.1, 0.15) is 6.61 Å². The van der Waals surface area contributed by atoms with Gasteiger partial charge in [0.2, 0.25) is 5.91 Å². The van der Waals surface area contributed by atoms with Crippen LogP contribution in [0.15, 0.2) is 48.5 Å². The van der Waals surface area contributed by atoms with E-state index in [2.05, 4.69) is 29.6 Å². The average Bonchev–Trinajstić information content (AvgIpc) is 3.16. The second-order valence-corrected chi connectivity index (χ2v) is 9.25. The summed E-state index contributed by atoms with van der Waals surface area (Å²) in [7, 11) is 0. The molecule has 0 radical (unpaired) electrons. The van der Waals surface area contributed by atoms with E-state index in [0.717, 1.165) is 11.1 Å². The Kier molecular flexibility index (Phi) is 7.20. The summed E-state index contributed by atoms with van der Waals surface area (Å²) in [6, 6.07) is 16.2. The van der Waals surface area contributed by atoms with Crippen LogP contribution < -0.4 is 5.32 Å². The molecule has 4 rings (SSSR count). The topological polar surface area (TPSA) is 95.9 Å². The van der Waals surface area contributed by atoms with Crippen molar-refractivity contribution in [1.29, 1.82) is 0 Å². The van der Waals surface area contributed by atoms with E-state index in [1.807, 2.05) is 38.1 Å². The summed E-state index contributed by atoms with van der Waals surface area (Å²) >= 11 is 0. The predicted molar refractivity (Wildman–Crippen MR) is 128 cm³/mol. The molecule has 1 unspecified atom stereocenters. The molecule has 1 aliphatic heterocycles. The van der Waals surface area contributed by atoms with E-state index < -0.39 is 18.0 Å². The van der Waals surface area contributed by atoms with Crippen LogP contribution >= 0.6 is 0 Å². The molecule has 180 valence electrons. The zero-order valence-electron chi connectivity index (χ0n) is 19.7. The number of benzene rings is 2. The Hall–Kier alpha value is -3.35. The Balaban J connectivity index is 1.31. The van der Waals surface area contributed by atoms with E-state index in [0.29, 0.717) is 25.8 Å². The van der Waals surface area contributed by atoms with E-state index in [9.17, 15) is 19.5 Å². The molecular weight excluding hydrogens is 432 g/mol. The van der Waals surface area contributed by atoms with Crippen LogP contribution in [0.1, 0.15) is 50.2 Å². The number of amides is 2. The van der Waals surface area contributed by atoms with Crippen molar-refractivity contribution in [3.63, 3.8) is 0 Å². The predicted octanol–water partition coefficient (Wildman–Crippen LogP) is 4.26. The number of carbonyl (C=O) groups excluding carboxylic acids is 2. The third-order valence-corrected chi connectivity index (χ3v) is 7.19. The molecular formula is C27H32N2O5. The summed E-state index contributed by atoms with van der Waals surface area (Å²) in [6.07, 6.45) is 0.957. The standard InChI is InChI=1S/C27H32N2O5/c1-3-18(25(30)29-13-12-19(26(31)32)14-17(29)2)15-28-27(33)34-16-24-22-10-6-4-8-20(22)21-9-5-7-11-23(21)24/h4-11,17-19,24H,3,12-16H2,1-2H3,(H,28,33)(H,31,32)/t17-,18?,19-/m1/s1. The third kappa shape index (κ3) is 4.79. The molecule has 2 aliphatic rings. The lowest BCUT2D eigenvalue weighted by molar-refractivity contribution is -0.148. The molecule has 1 saturated heterocycles. The number of ether oxygens (including phenoxy) is 1. The molecule has 2 aromatic carbocycles. The molecule has 0 spiro atoms. The maximum absolute atomic E-state index is 13.1. The maximum atomic E-state index is 13.1. The molecule has 34 heavy (non-hydrogen) atoms. The Morgan fingerprint density at radius 3 is 2.26 bits per heavy atom. The van der Waals surface area contributed by atoms with Crippen LogP contribution in [0.4, 0.5) is 4.79 Å². The van der Waals surface area contributed by atoms with Crippen LogP contribution in [-0.2, 0) is 14.3 Å². The second kappa shape index (κ2) is 10.3. The van der Waals surface area contributed by atoms with Crippen molar-refractivity contribution in [2.45, 2.75) is 45.1 Å². The molecule has 7 nitrogen and oxygen atoms in total. The lowest BCUT2D eigenvalue weighted by atomic mass is 9.90. The Bertz CT molecular complexity index is 1020. The van der Waals surface area contributed by atoms with Gasteiger partial charge in [-0.2, -0.15) is 0 Å². The highest BCUT2D eigenvalue weighted by molar-refractivity contribution is 5.81. The summed E-state index contributed by atoms with van der Waals surface area (Å²) in [4.78, 5) is 38.6. The molecule has 7 heteroatoms.